The molecule has 1 aromatic rings. The normalized spacial score (nSPS) is 16.6. The average Bonchev–Trinajstić information content (AvgIpc) is 2.45. The Balaban J connectivity index is 1.92. The van der Waals surface area contributed by atoms with Crippen molar-refractivity contribution in [1.82, 2.24) is 5.32 Å². The summed E-state index contributed by atoms with van der Waals surface area (Å²) in [5.74, 6) is 0. The van der Waals surface area contributed by atoms with Crippen LogP contribution in [0.4, 0.5) is 5.69 Å². The molecule has 0 saturated carbocycles. The van der Waals surface area contributed by atoms with Gasteiger partial charge in [0.2, 0.25) is 0 Å². The molecule has 5 heteroatoms. The lowest BCUT2D eigenvalue weighted by Gasteiger charge is -2.32. The number of aliphatic hydroxyl groups excluding tert-OH is 1. The molecule has 20 heavy (non-hydrogen) atoms. The molecular weight excluding hydrogens is 276 g/mol. The van der Waals surface area contributed by atoms with Crippen molar-refractivity contribution in [3.8, 4) is 0 Å². The molecule has 1 aliphatic heterocycles. The highest BCUT2D eigenvalue weighted by Gasteiger charge is 2.18. The summed E-state index contributed by atoms with van der Waals surface area (Å²) < 4.78 is 4.99. The fraction of sp³-hybridized carbons (Fsp3) is 0.600. The lowest BCUT2D eigenvalue weighted by molar-refractivity contribution is 0.145. The molecule has 112 valence electrons. The number of ether oxygens (including phenoxy) is 1. The predicted molar refractivity (Wildman–Crippen MR) is 82.5 cm³/mol. The lowest BCUT2D eigenvalue weighted by atomic mass is 10.1. The van der Waals surface area contributed by atoms with Gasteiger partial charge in [0, 0.05) is 33.3 Å². The van der Waals surface area contributed by atoms with Crippen LogP contribution < -0.4 is 10.2 Å². The highest BCUT2D eigenvalue weighted by Crippen LogP contribution is 2.29. The summed E-state index contributed by atoms with van der Waals surface area (Å²) in [5.41, 5.74) is 2.24. The minimum absolute atomic E-state index is 0.158. The second-order valence-electron chi connectivity index (χ2n) is 5.17. The Morgan fingerprint density at radius 3 is 2.80 bits per heavy atom. The number of hydrogen-bond acceptors (Lipinski definition) is 4. The summed E-state index contributed by atoms with van der Waals surface area (Å²) in [7, 11) is 1.70. The van der Waals surface area contributed by atoms with Crippen LogP contribution >= 0.6 is 11.6 Å². The van der Waals surface area contributed by atoms with Gasteiger partial charge in [-0.2, -0.15) is 0 Å². The number of nitrogens with one attached hydrogen (secondary N) is 1. The van der Waals surface area contributed by atoms with Crippen LogP contribution in [0.15, 0.2) is 18.2 Å². The first-order valence-electron chi connectivity index (χ1n) is 7.12. The van der Waals surface area contributed by atoms with Gasteiger partial charge in [-0.1, -0.05) is 17.7 Å². The van der Waals surface area contributed by atoms with Gasteiger partial charge >= 0.3 is 0 Å². The van der Waals surface area contributed by atoms with Crippen LogP contribution in [0.5, 0.6) is 0 Å². The molecule has 4 nitrogen and oxygen atoms in total. The van der Waals surface area contributed by atoms with Crippen molar-refractivity contribution in [3.05, 3.63) is 28.8 Å². The molecule has 1 fully saturated rings. The maximum absolute atomic E-state index is 9.55. The zero-order valence-corrected chi connectivity index (χ0v) is 12.7. The summed E-state index contributed by atoms with van der Waals surface area (Å²) in [5, 5.41) is 13.6. The van der Waals surface area contributed by atoms with E-state index in [9.17, 15) is 5.11 Å². The highest BCUT2D eigenvalue weighted by atomic mass is 35.5. The van der Waals surface area contributed by atoms with E-state index in [-0.39, 0.29) is 6.10 Å². The van der Waals surface area contributed by atoms with Crippen LogP contribution in [0.1, 0.15) is 18.4 Å². The van der Waals surface area contributed by atoms with Gasteiger partial charge in [-0.3, -0.25) is 0 Å². The Morgan fingerprint density at radius 1 is 1.40 bits per heavy atom. The molecule has 2 rings (SSSR count). The first-order valence-corrected chi connectivity index (χ1v) is 7.49. The Bertz CT molecular complexity index is 420. The summed E-state index contributed by atoms with van der Waals surface area (Å²) in [6, 6.07) is 6.20. The maximum Gasteiger partial charge on any atom is 0.0642 e. The minimum Gasteiger partial charge on any atom is -0.393 e. The number of anilines is 1. The quantitative estimate of drug-likeness (QED) is 0.789. The largest absolute Gasteiger partial charge is 0.393 e. The smallest absolute Gasteiger partial charge is 0.0642 e. The minimum atomic E-state index is -0.158. The number of benzene rings is 1. The van der Waals surface area contributed by atoms with Crippen LogP contribution in [0.3, 0.4) is 0 Å². The molecule has 0 radical (unpaired) electrons. The van der Waals surface area contributed by atoms with Crippen LogP contribution in [0, 0.1) is 0 Å². The molecule has 0 bridgehead atoms. The van der Waals surface area contributed by atoms with E-state index in [0.717, 1.165) is 49.7 Å². The number of nitrogens with zero attached hydrogens (tertiary/aromatic N) is 1. The predicted octanol–water partition coefficient (Wildman–Crippen LogP) is 2.04. The summed E-state index contributed by atoms with van der Waals surface area (Å²) in [6.45, 7) is 4.07. The van der Waals surface area contributed by atoms with E-state index in [1.807, 2.05) is 6.07 Å². The summed E-state index contributed by atoms with van der Waals surface area (Å²) in [6.07, 6.45) is 1.47. The van der Waals surface area contributed by atoms with Gasteiger partial charge in [0.05, 0.1) is 23.4 Å². The molecule has 0 unspecified atom stereocenters. The molecule has 0 aliphatic carbocycles. The second-order valence-corrected chi connectivity index (χ2v) is 5.58. The van der Waals surface area contributed by atoms with E-state index < -0.39 is 0 Å². The van der Waals surface area contributed by atoms with Crippen molar-refractivity contribution in [2.24, 2.45) is 0 Å². The number of rotatable bonds is 6. The Kier molecular flexibility index (Phi) is 6.10. The van der Waals surface area contributed by atoms with Crippen molar-refractivity contribution in [2.45, 2.75) is 25.5 Å². The first-order chi connectivity index (χ1) is 9.70. The standard InChI is InChI=1S/C15H23ClN2O2/c1-20-9-6-17-11-12-2-3-15(14(16)10-12)18-7-4-13(19)5-8-18/h2-3,10,13,17,19H,4-9,11H2,1H3. The van der Waals surface area contributed by atoms with Gasteiger partial charge in [-0.15, -0.1) is 0 Å². The van der Waals surface area contributed by atoms with E-state index >= 15 is 0 Å². The molecule has 0 spiro atoms. The van der Waals surface area contributed by atoms with Crippen LogP contribution in [0.2, 0.25) is 5.02 Å². The maximum atomic E-state index is 9.55. The van der Waals surface area contributed by atoms with E-state index in [1.165, 1.54) is 5.56 Å². The molecular formula is C15H23ClN2O2. The lowest BCUT2D eigenvalue weighted by Crippen LogP contribution is -2.35. The van der Waals surface area contributed by atoms with Gasteiger partial charge in [0.15, 0.2) is 0 Å². The van der Waals surface area contributed by atoms with Crippen molar-refractivity contribution >= 4 is 17.3 Å². The Labute approximate surface area is 125 Å². The summed E-state index contributed by atoms with van der Waals surface area (Å²) >= 11 is 6.38. The molecule has 1 aliphatic rings. The van der Waals surface area contributed by atoms with E-state index in [0.29, 0.717) is 6.61 Å². The van der Waals surface area contributed by atoms with E-state index in [1.54, 1.807) is 7.11 Å². The third-order valence-corrected chi connectivity index (χ3v) is 3.93. The fourth-order valence-electron chi connectivity index (χ4n) is 2.43. The third-order valence-electron chi connectivity index (χ3n) is 3.63. The van der Waals surface area contributed by atoms with Crippen molar-refractivity contribution in [2.75, 3.05) is 38.3 Å². The fourth-order valence-corrected chi connectivity index (χ4v) is 2.75. The topological polar surface area (TPSA) is 44.7 Å². The molecule has 2 N–H and O–H groups in total. The van der Waals surface area contributed by atoms with E-state index in [4.69, 9.17) is 16.3 Å². The Morgan fingerprint density at radius 2 is 2.15 bits per heavy atom. The number of halogens is 1. The monoisotopic (exact) mass is 298 g/mol. The highest BCUT2D eigenvalue weighted by molar-refractivity contribution is 6.33. The second kappa shape index (κ2) is 7.84. The molecule has 0 amide bonds. The van der Waals surface area contributed by atoms with Gasteiger partial charge in [0.1, 0.15) is 0 Å². The number of hydrogen-bond donors (Lipinski definition) is 2. The third kappa shape index (κ3) is 4.35. The van der Waals surface area contributed by atoms with Crippen LogP contribution in [-0.4, -0.2) is 44.6 Å². The Hall–Kier alpha value is -0.810. The number of piperidine rings is 1. The molecule has 0 aromatic heterocycles. The van der Waals surface area contributed by atoms with E-state index in [2.05, 4.69) is 22.3 Å². The number of aliphatic hydroxyl groups is 1. The van der Waals surface area contributed by atoms with Crippen LogP contribution in [-0.2, 0) is 11.3 Å². The zero-order valence-electron chi connectivity index (χ0n) is 11.9. The van der Waals surface area contributed by atoms with Gasteiger partial charge in [-0.25, -0.2) is 0 Å². The van der Waals surface area contributed by atoms with Gasteiger partial charge in [0.25, 0.3) is 0 Å². The molecule has 0 atom stereocenters. The van der Waals surface area contributed by atoms with Gasteiger partial charge < -0.3 is 20.1 Å². The SMILES string of the molecule is COCCNCc1ccc(N2CCC(O)CC2)c(Cl)c1. The molecule has 1 heterocycles. The van der Waals surface area contributed by atoms with Crippen LogP contribution in [0.25, 0.3) is 0 Å². The molecule has 1 aromatic carbocycles. The van der Waals surface area contributed by atoms with Crippen molar-refractivity contribution in [1.29, 1.82) is 0 Å². The van der Waals surface area contributed by atoms with Gasteiger partial charge in [-0.05, 0) is 30.5 Å². The molecule has 1 saturated heterocycles. The average molecular weight is 299 g/mol. The summed E-state index contributed by atoms with van der Waals surface area (Å²) in [4.78, 5) is 2.25. The first kappa shape index (κ1) is 15.6. The van der Waals surface area contributed by atoms with Crippen molar-refractivity contribution < 1.29 is 9.84 Å². The van der Waals surface area contributed by atoms with Crippen molar-refractivity contribution in [3.63, 3.8) is 0 Å². The zero-order chi connectivity index (χ0) is 14.4. The number of methoxy groups -OCH3 is 1.